The molecule has 1 aromatic carbocycles. The Hall–Kier alpha value is -2.38. The van der Waals surface area contributed by atoms with Crippen molar-refractivity contribution in [3.63, 3.8) is 0 Å². The van der Waals surface area contributed by atoms with Gasteiger partial charge < -0.3 is 23.7 Å². The maximum Gasteiger partial charge on any atom is 0.348 e. The maximum absolute atomic E-state index is 12.7. The number of rotatable bonds is 5. The summed E-state index contributed by atoms with van der Waals surface area (Å²) in [7, 11) is 1.58. The van der Waals surface area contributed by atoms with E-state index in [1.54, 1.807) is 13.2 Å². The van der Waals surface area contributed by atoms with Gasteiger partial charge >= 0.3 is 5.97 Å². The minimum Gasteiger partial charge on any atom is -0.454 e. The van der Waals surface area contributed by atoms with Gasteiger partial charge in [0.15, 0.2) is 11.5 Å². The van der Waals surface area contributed by atoms with Gasteiger partial charge in [0, 0.05) is 29.4 Å². The fourth-order valence-corrected chi connectivity index (χ4v) is 4.47. The van der Waals surface area contributed by atoms with Gasteiger partial charge in [-0.1, -0.05) is 0 Å². The predicted octanol–water partition coefficient (Wildman–Crippen LogP) is 3.32. The van der Waals surface area contributed by atoms with Gasteiger partial charge in [0.05, 0.1) is 6.61 Å². The summed E-state index contributed by atoms with van der Waals surface area (Å²) in [4.78, 5) is 26.0. The molecule has 2 aromatic rings. The van der Waals surface area contributed by atoms with E-state index >= 15 is 0 Å². The Labute approximate surface area is 161 Å². The summed E-state index contributed by atoms with van der Waals surface area (Å²) in [5.41, 5.74) is 1.78. The van der Waals surface area contributed by atoms with E-state index in [4.69, 9.17) is 18.9 Å². The molecule has 6 nitrogen and oxygen atoms in total. The van der Waals surface area contributed by atoms with Crippen LogP contribution in [-0.2, 0) is 20.7 Å². The summed E-state index contributed by atoms with van der Waals surface area (Å²) in [6.07, 6.45) is 0.886. The lowest BCUT2D eigenvalue weighted by atomic mass is 9.74. The zero-order chi connectivity index (χ0) is 19.0. The third kappa shape index (κ3) is 3.33. The molecule has 0 saturated heterocycles. The van der Waals surface area contributed by atoms with Crippen LogP contribution in [0.1, 0.15) is 31.8 Å². The van der Waals surface area contributed by atoms with Crippen LogP contribution in [0, 0.1) is 18.8 Å². The third-order valence-corrected chi connectivity index (χ3v) is 6.03. The second-order valence-electron chi connectivity index (χ2n) is 6.76. The number of carbonyl (C=O) groups is 2. The van der Waals surface area contributed by atoms with Crippen LogP contribution in [0.2, 0.25) is 0 Å². The number of aryl methyl sites for hydroxylation is 1. The van der Waals surface area contributed by atoms with Crippen LogP contribution in [0.4, 0.5) is 0 Å². The van der Waals surface area contributed by atoms with Crippen molar-refractivity contribution in [3.8, 4) is 11.5 Å². The van der Waals surface area contributed by atoms with Crippen molar-refractivity contribution in [1.29, 1.82) is 0 Å². The number of carbonyl (C=O) groups excluding carboxylic acids is 2. The van der Waals surface area contributed by atoms with Crippen LogP contribution >= 0.6 is 11.3 Å². The molecule has 1 aromatic heterocycles. The standard InChI is InChI=1S/C20H20O6S/c1-11-3-4-18(27-11)20(22)26-19-14-7-17-16(24-10-25-17)6-12(14)5-13(8-21)15(19)9-23-2/h3-4,6-8,13,15,19H,5,9-10H2,1-2H3/t13-,15?,19?/m0/s1. The largest absolute Gasteiger partial charge is 0.454 e. The van der Waals surface area contributed by atoms with Gasteiger partial charge in [0.2, 0.25) is 6.79 Å². The van der Waals surface area contributed by atoms with E-state index in [0.29, 0.717) is 29.4 Å². The van der Waals surface area contributed by atoms with Crippen molar-refractivity contribution < 1.29 is 28.5 Å². The van der Waals surface area contributed by atoms with Crippen molar-refractivity contribution in [1.82, 2.24) is 0 Å². The molecule has 1 aliphatic carbocycles. The predicted molar refractivity (Wildman–Crippen MR) is 98.4 cm³/mol. The Morgan fingerprint density at radius 3 is 2.74 bits per heavy atom. The Kier molecular flexibility index (Phi) is 4.88. The van der Waals surface area contributed by atoms with Crippen molar-refractivity contribution in [2.24, 2.45) is 11.8 Å². The lowest BCUT2D eigenvalue weighted by Crippen LogP contribution is -2.36. The smallest absolute Gasteiger partial charge is 0.348 e. The number of hydrogen-bond donors (Lipinski definition) is 0. The molecule has 0 spiro atoms. The van der Waals surface area contributed by atoms with Crippen molar-refractivity contribution >= 4 is 23.6 Å². The van der Waals surface area contributed by atoms with Crippen molar-refractivity contribution in [2.75, 3.05) is 20.5 Å². The quantitative estimate of drug-likeness (QED) is 0.578. The van der Waals surface area contributed by atoms with E-state index in [9.17, 15) is 9.59 Å². The molecule has 0 bridgehead atoms. The number of esters is 1. The molecule has 3 atom stereocenters. The first-order valence-corrected chi connectivity index (χ1v) is 9.56. The van der Waals surface area contributed by atoms with Gasteiger partial charge in [0.1, 0.15) is 17.3 Å². The SMILES string of the molecule is COCC1C(OC(=O)c2ccc(C)s2)c2cc3c(cc2C[C@H]1C=O)OCO3. The normalized spacial score (nSPS) is 23.0. The molecule has 4 rings (SSSR count). The number of benzene rings is 1. The third-order valence-electron chi connectivity index (χ3n) is 5.04. The number of thiophene rings is 1. The van der Waals surface area contributed by atoms with Gasteiger partial charge in [-0.25, -0.2) is 4.79 Å². The molecular formula is C20H20O6S. The average molecular weight is 388 g/mol. The van der Waals surface area contributed by atoms with Crippen molar-refractivity contribution in [3.05, 3.63) is 45.1 Å². The second-order valence-corrected chi connectivity index (χ2v) is 8.05. The number of ether oxygens (including phenoxy) is 4. The summed E-state index contributed by atoms with van der Waals surface area (Å²) in [5, 5.41) is 0. The maximum atomic E-state index is 12.7. The molecule has 2 aliphatic rings. The number of hydrogen-bond acceptors (Lipinski definition) is 7. The van der Waals surface area contributed by atoms with Gasteiger partial charge in [-0.3, -0.25) is 0 Å². The molecule has 1 aliphatic heterocycles. The van der Waals surface area contributed by atoms with E-state index in [1.807, 2.05) is 25.1 Å². The van der Waals surface area contributed by atoms with Gasteiger partial charge in [0.25, 0.3) is 0 Å². The Balaban J connectivity index is 1.73. The fraction of sp³-hybridized carbons (Fsp3) is 0.400. The highest BCUT2D eigenvalue weighted by Gasteiger charge is 2.40. The van der Waals surface area contributed by atoms with E-state index < -0.39 is 12.1 Å². The molecule has 0 saturated carbocycles. The molecule has 7 heteroatoms. The fourth-order valence-electron chi connectivity index (χ4n) is 3.72. The molecule has 142 valence electrons. The van der Waals surface area contributed by atoms with Gasteiger partial charge in [-0.15, -0.1) is 11.3 Å². The first-order valence-electron chi connectivity index (χ1n) is 8.74. The summed E-state index contributed by atoms with van der Waals surface area (Å²) in [6.45, 7) is 2.42. The first kappa shape index (κ1) is 18.0. The lowest BCUT2D eigenvalue weighted by molar-refractivity contribution is -0.116. The van der Waals surface area contributed by atoms with Gasteiger partial charge in [-0.2, -0.15) is 0 Å². The van der Waals surface area contributed by atoms with E-state index in [2.05, 4.69) is 0 Å². The lowest BCUT2D eigenvalue weighted by Gasteiger charge is -2.36. The summed E-state index contributed by atoms with van der Waals surface area (Å²) in [5.74, 6) is 0.325. The zero-order valence-electron chi connectivity index (χ0n) is 15.1. The molecule has 0 amide bonds. The first-order chi connectivity index (χ1) is 13.1. The van der Waals surface area contributed by atoms with Gasteiger partial charge in [-0.05, 0) is 43.2 Å². The van der Waals surface area contributed by atoms with Crippen LogP contribution in [0.15, 0.2) is 24.3 Å². The average Bonchev–Trinajstić information content (AvgIpc) is 3.30. The van der Waals surface area contributed by atoms with Crippen LogP contribution in [0.3, 0.4) is 0 Å². The second kappa shape index (κ2) is 7.32. The number of fused-ring (bicyclic) bond motifs is 2. The summed E-state index contributed by atoms with van der Waals surface area (Å²) >= 11 is 1.39. The Bertz CT molecular complexity index is 873. The monoisotopic (exact) mass is 388 g/mol. The highest BCUT2D eigenvalue weighted by Crippen LogP contribution is 2.46. The molecule has 2 unspecified atom stereocenters. The zero-order valence-corrected chi connectivity index (χ0v) is 15.9. The molecule has 2 heterocycles. The Morgan fingerprint density at radius 1 is 1.30 bits per heavy atom. The van der Waals surface area contributed by atoms with E-state index in [-0.39, 0.29) is 18.6 Å². The van der Waals surface area contributed by atoms with Crippen LogP contribution in [0.5, 0.6) is 11.5 Å². The minimum atomic E-state index is -0.590. The number of methoxy groups -OCH3 is 1. The highest BCUT2D eigenvalue weighted by atomic mass is 32.1. The topological polar surface area (TPSA) is 71.1 Å². The minimum absolute atomic E-state index is 0.162. The van der Waals surface area contributed by atoms with Crippen molar-refractivity contribution in [2.45, 2.75) is 19.4 Å². The summed E-state index contributed by atoms with van der Waals surface area (Å²) in [6, 6.07) is 7.38. The van der Waals surface area contributed by atoms with E-state index in [0.717, 1.165) is 22.3 Å². The summed E-state index contributed by atoms with van der Waals surface area (Å²) < 4.78 is 22.2. The Morgan fingerprint density at radius 2 is 2.07 bits per heavy atom. The number of aldehydes is 1. The van der Waals surface area contributed by atoms with Crippen LogP contribution in [-0.4, -0.2) is 32.8 Å². The molecule has 0 N–H and O–H groups in total. The molecule has 0 radical (unpaired) electrons. The van der Waals surface area contributed by atoms with Crippen LogP contribution in [0.25, 0.3) is 0 Å². The van der Waals surface area contributed by atoms with Crippen LogP contribution < -0.4 is 9.47 Å². The molecular weight excluding hydrogens is 368 g/mol. The van der Waals surface area contributed by atoms with E-state index in [1.165, 1.54) is 11.3 Å². The highest BCUT2D eigenvalue weighted by molar-refractivity contribution is 7.13. The molecule has 0 fully saturated rings. The molecule has 27 heavy (non-hydrogen) atoms.